The molecule has 148 valence electrons. The summed E-state index contributed by atoms with van der Waals surface area (Å²) in [6.45, 7) is 9.07. The second-order valence-corrected chi connectivity index (χ2v) is 7.51. The van der Waals surface area contributed by atoms with Gasteiger partial charge in [-0.2, -0.15) is 9.97 Å². The van der Waals surface area contributed by atoms with Crippen LogP contribution in [0.15, 0.2) is 6.07 Å². The summed E-state index contributed by atoms with van der Waals surface area (Å²) in [7, 11) is 0. The van der Waals surface area contributed by atoms with Gasteiger partial charge < -0.3 is 19.5 Å². The number of hydrogen-bond acceptors (Lipinski definition) is 8. The van der Waals surface area contributed by atoms with Crippen molar-refractivity contribution in [3.63, 3.8) is 0 Å². The van der Waals surface area contributed by atoms with Gasteiger partial charge >= 0.3 is 5.97 Å². The van der Waals surface area contributed by atoms with Gasteiger partial charge in [0.05, 0.1) is 13.1 Å². The number of anilines is 3. The minimum absolute atomic E-state index is 0.168. The summed E-state index contributed by atoms with van der Waals surface area (Å²) in [4.78, 5) is 33.6. The normalized spacial score (nSPS) is 21.1. The summed E-state index contributed by atoms with van der Waals surface area (Å²) in [6.07, 6.45) is 5.31. The minimum atomic E-state index is -0.168. The molecule has 0 unspecified atom stereocenters. The zero-order valence-electron chi connectivity index (χ0n) is 16.3. The lowest BCUT2D eigenvalue weighted by atomic mass is 10.3. The maximum absolute atomic E-state index is 11.5. The Kier molecular flexibility index (Phi) is 5.61. The summed E-state index contributed by atoms with van der Waals surface area (Å²) in [5.41, 5.74) is 0. The Morgan fingerprint density at radius 3 is 1.93 bits per heavy atom. The lowest BCUT2D eigenvalue weighted by Gasteiger charge is -2.34. The van der Waals surface area contributed by atoms with Crippen molar-refractivity contribution in [1.82, 2.24) is 15.0 Å². The molecule has 0 radical (unpaired) electrons. The first-order chi connectivity index (χ1) is 13.2. The highest BCUT2D eigenvalue weighted by Crippen LogP contribution is 2.27. The van der Waals surface area contributed by atoms with Gasteiger partial charge in [0.15, 0.2) is 0 Å². The Morgan fingerprint density at radius 2 is 1.37 bits per heavy atom. The van der Waals surface area contributed by atoms with E-state index in [0.29, 0.717) is 19.5 Å². The van der Waals surface area contributed by atoms with Crippen molar-refractivity contribution >= 4 is 23.6 Å². The second-order valence-electron chi connectivity index (χ2n) is 7.51. The largest absolute Gasteiger partial charge is 0.368 e. The van der Waals surface area contributed by atoms with E-state index < -0.39 is 0 Å². The molecule has 0 bridgehead atoms. The summed E-state index contributed by atoms with van der Waals surface area (Å²) in [6, 6.07) is 2.14. The maximum atomic E-state index is 11.5. The van der Waals surface area contributed by atoms with Crippen molar-refractivity contribution in [3.8, 4) is 0 Å². The number of aromatic nitrogens is 2. The monoisotopic (exact) mass is 374 g/mol. The van der Waals surface area contributed by atoms with Crippen LogP contribution >= 0.6 is 0 Å². The number of carbonyl (C=O) groups excluding carboxylic acids is 1. The fourth-order valence-corrected chi connectivity index (χ4v) is 3.96. The summed E-state index contributed by atoms with van der Waals surface area (Å²) in [5.74, 6) is 2.75. The minimum Gasteiger partial charge on any atom is -0.368 e. The molecule has 0 spiro atoms. The second kappa shape index (κ2) is 8.29. The van der Waals surface area contributed by atoms with E-state index in [1.54, 1.807) is 5.06 Å². The van der Waals surface area contributed by atoms with Crippen LogP contribution in [-0.4, -0.2) is 73.4 Å². The molecule has 8 nitrogen and oxygen atoms in total. The van der Waals surface area contributed by atoms with Crippen LogP contribution in [0.2, 0.25) is 0 Å². The molecule has 3 fully saturated rings. The van der Waals surface area contributed by atoms with Crippen LogP contribution in [-0.2, 0) is 9.63 Å². The lowest BCUT2D eigenvalue weighted by molar-refractivity contribution is -0.191. The van der Waals surface area contributed by atoms with Crippen molar-refractivity contribution in [2.24, 2.45) is 0 Å². The molecular weight excluding hydrogens is 344 g/mol. The molecule has 0 N–H and O–H groups in total. The highest BCUT2D eigenvalue weighted by Gasteiger charge is 2.25. The van der Waals surface area contributed by atoms with Gasteiger partial charge in [-0.3, -0.25) is 4.79 Å². The van der Waals surface area contributed by atoms with E-state index in [1.165, 1.54) is 25.7 Å². The van der Waals surface area contributed by atoms with Crippen LogP contribution in [0.3, 0.4) is 0 Å². The van der Waals surface area contributed by atoms with Crippen LogP contribution in [0.4, 0.5) is 17.6 Å². The first kappa shape index (κ1) is 18.3. The molecule has 0 saturated carbocycles. The molecule has 0 aromatic carbocycles. The van der Waals surface area contributed by atoms with Gasteiger partial charge in [0, 0.05) is 51.8 Å². The summed E-state index contributed by atoms with van der Waals surface area (Å²) in [5, 5.41) is 1.77. The first-order valence-electron chi connectivity index (χ1n) is 10.3. The summed E-state index contributed by atoms with van der Waals surface area (Å²) >= 11 is 0. The fourth-order valence-electron chi connectivity index (χ4n) is 3.96. The molecule has 3 aliphatic heterocycles. The van der Waals surface area contributed by atoms with Crippen LogP contribution in [0, 0.1) is 0 Å². The molecular formula is C19H30N6O2. The van der Waals surface area contributed by atoms with Crippen LogP contribution < -0.4 is 14.7 Å². The van der Waals surface area contributed by atoms with Gasteiger partial charge in [-0.15, -0.1) is 5.06 Å². The Balaban J connectivity index is 1.50. The van der Waals surface area contributed by atoms with E-state index in [1.807, 2.05) is 6.92 Å². The highest BCUT2D eigenvalue weighted by atomic mass is 16.7. The Morgan fingerprint density at radius 1 is 0.852 bits per heavy atom. The van der Waals surface area contributed by atoms with E-state index in [-0.39, 0.29) is 5.97 Å². The topological polar surface area (TPSA) is 65.0 Å². The van der Waals surface area contributed by atoms with E-state index in [9.17, 15) is 4.79 Å². The van der Waals surface area contributed by atoms with Crippen molar-refractivity contribution in [2.75, 3.05) is 67.1 Å². The van der Waals surface area contributed by atoms with Crippen LogP contribution in [0.5, 0.6) is 0 Å². The summed E-state index contributed by atoms with van der Waals surface area (Å²) < 4.78 is 0. The SMILES string of the molecule is CCC(=O)ON1CCN(c2cc(N3CCCC3)nc(N3CCCC3)n2)CC1. The van der Waals surface area contributed by atoms with Gasteiger partial charge in [-0.1, -0.05) is 6.92 Å². The smallest absolute Gasteiger partial charge is 0.324 e. The molecule has 4 rings (SSSR count). The molecule has 0 amide bonds. The number of carbonyl (C=O) groups is 1. The van der Waals surface area contributed by atoms with E-state index in [2.05, 4.69) is 20.8 Å². The standard InChI is InChI=1S/C19H30N6O2/c1-2-18(26)27-25-13-11-23(12-14-25)17-15-16(22-7-3-4-8-22)20-19(21-17)24-9-5-6-10-24/h15H,2-14H2,1H3. The van der Waals surface area contributed by atoms with E-state index >= 15 is 0 Å². The van der Waals surface area contributed by atoms with Crippen molar-refractivity contribution in [3.05, 3.63) is 6.07 Å². The van der Waals surface area contributed by atoms with Gasteiger partial charge in [0.1, 0.15) is 11.6 Å². The number of nitrogens with zero attached hydrogens (tertiary/aromatic N) is 6. The quantitative estimate of drug-likeness (QED) is 0.771. The Hall–Kier alpha value is -2.09. The van der Waals surface area contributed by atoms with Crippen molar-refractivity contribution in [2.45, 2.75) is 39.0 Å². The number of rotatable bonds is 5. The third-order valence-corrected chi connectivity index (χ3v) is 5.59. The van der Waals surface area contributed by atoms with Gasteiger partial charge in [0.2, 0.25) is 5.95 Å². The average Bonchev–Trinajstić information content (AvgIpc) is 3.42. The molecule has 3 saturated heterocycles. The number of hydroxylamine groups is 2. The van der Waals surface area contributed by atoms with Crippen molar-refractivity contribution in [1.29, 1.82) is 0 Å². The Labute approximate surface area is 161 Å². The molecule has 0 aliphatic carbocycles. The molecule has 0 atom stereocenters. The molecule has 1 aromatic heterocycles. The molecule has 27 heavy (non-hydrogen) atoms. The average molecular weight is 374 g/mol. The number of piperazine rings is 1. The van der Waals surface area contributed by atoms with Gasteiger partial charge in [0.25, 0.3) is 0 Å². The van der Waals surface area contributed by atoms with E-state index in [0.717, 1.165) is 56.9 Å². The molecule has 1 aromatic rings. The maximum Gasteiger partial charge on any atom is 0.324 e. The number of hydrogen-bond donors (Lipinski definition) is 0. The molecule has 8 heteroatoms. The van der Waals surface area contributed by atoms with Gasteiger partial charge in [-0.25, -0.2) is 0 Å². The highest BCUT2D eigenvalue weighted by molar-refractivity contribution is 5.68. The van der Waals surface area contributed by atoms with Crippen molar-refractivity contribution < 1.29 is 9.63 Å². The zero-order valence-corrected chi connectivity index (χ0v) is 16.3. The van der Waals surface area contributed by atoms with Crippen LogP contribution in [0.1, 0.15) is 39.0 Å². The third-order valence-electron chi connectivity index (χ3n) is 5.59. The molecule has 4 heterocycles. The van der Waals surface area contributed by atoms with E-state index in [4.69, 9.17) is 14.8 Å². The van der Waals surface area contributed by atoms with Gasteiger partial charge in [-0.05, 0) is 25.7 Å². The zero-order chi connectivity index (χ0) is 18.6. The fraction of sp³-hybridized carbons (Fsp3) is 0.737. The third kappa shape index (κ3) is 4.26. The van der Waals surface area contributed by atoms with Crippen LogP contribution in [0.25, 0.3) is 0 Å². The first-order valence-corrected chi connectivity index (χ1v) is 10.3. The predicted octanol–water partition coefficient (Wildman–Crippen LogP) is 1.67. The molecule has 3 aliphatic rings. The predicted molar refractivity (Wildman–Crippen MR) is 105 cm³/mol. The Bertz CT molecular complexity index is 615. The lowest BCUT2D eigenvalue weighted by Crippen LogP contribution is -2.47.